The second-order valence-electron chi connectivity index (χ2n) is 5.50. The highest BCUT2D eigenvalue weighted by Gasteiger charge is 2.30. The number of halogens is 5. The van der Waals surface area contributed by atoms with E-state index in [1.54, 1.807) is 0 Å². The van der Waals surface area contributed by atoms with E-state index in [-0.39, 0.29) is 6.42 Å². The fraction of sp³-hybridized carbons (Fsp3) is 0.235. The van der Waals surface area contributed by atoms with Crippen molar-refractivity contribution < 1.29 is 26.8 Å². The predicted octanol–water partition coefficient (Wildman–Crippen LogP) is 4.31. The van der Waals surface area contributed by atoms with Gasteiger partial charge in [0.1, 0.15) is 6.10 Å². The summed E-state index contributed by atoms with van der Waals surface area (Å²) in [5, 5.41) is 3.84. The van der Waals surface area contributed by atoms with E-state index in [1.807, 2.05) is 30.3 Å². The fourth-order valence-electron chi connectivity index (χ4n) is 2.59. The van der Waals surface area contributed by atoms with E-state index in [0.29, 0.717) is 12.1 Å². The van der Waals surface area contributed by atoms with Crippen molar-refractivity contribution >= 4 is 5.71 Å². The summed E-state index contributed by atoms with van der Waals surface area (Å²) in [7, 11) is 0. The number of rotatable bonds is 4. The van der Waals surface area contributed by atoms with Crippen LogP contribution in [0.5, 0.6) is 0 Å². The second-order valence-corrected chi connectivity index (χ2v) is 5.50. The van der Waals surface area contributed by atoms with E-state index < -0.39 is 47.2 Å². The Balaban J connectivity index is 1.71. The summed E-state index contributed by atoms with van der Waals surface area (Å²) in [5.74, 6) is -9.72. The van der Waals surface area contributed by atoms with Crippen LogP contribution in [0.1, 0.15) is 17.5 Å². The minimum absolute atomic E-state index is 0.258. The molecule has 0 N–H and O–H groups in total. The van der Waals surface area contributed by atoms with Gasteiger partial charge in [-0.1, -0.05) is 35.5 Å². The Morgan fingerprint density at radius 1 is 0.875 bits per heavy atom. The fourth-order valence-corrected chi connectivity index (χ4v) is 2.59. The van der Waals surface area contributed by atoms with Gasteiger partial charge in [-0.05, 0) is 5.56 Å². The topological polar surface area (TPSA) is 21.6 Å². The lowest BCUT2D eigenvalue weighted by atomic mass is 9.99. The minimum atomic E-state index is -2.16. The molecule has 7 heteroatoms. The smallest absolute Gasteiger partial charge is 0.200 e. The Morgan fingerprint density at radius 2 is 1.46 bits per heavy atom. The van der Waals surface area contributed by atoms with Crippen LogP contribution in [0.3, 0.4) is 0 Å². The molecule has 3 rings (SSSR count). The maximum atomic E-state index is 13.7. The molecule has 2 nitrogen and oxygen atoms in total. The predicted molar refractivity (Wildman–Crippen MR) is 77.0 cm³/mol. The van der Waals surface area contributed by atoms with Crippen molar-refractivity contribution in [2.75, 3.05) is 0 Å². The Morgan fingerprint density at radius 3 is 2.08 bits per heavy atom. The number of nitrogens with zero attached hydrogens (tertiary/aromatic N) is 1. The molecular weight excluding hydrogens is 329 g/mol. The summed E-state index contributed by atoms with van der Waals surface area (Å²) in [6.45, 7) is 0. The van der Waals surface area contributed by atoms with Gasteiger partial charge in [0.05, 0.1) is 5.71 Å². The van der Waals surface area contributed by atoms with Crippen LogP contribution < -0.4 is 0 Å². The van der Waals surface area contributed by atoms with Gasteiger partial charge in [-0.3, -0.25) is 0 Å². The number of oxime groups is 1. The molecule has 0 saturated carbocycles. The normalized spacial score (nSPS) is 16.9. The molecule has 0 amide bonds. The quantitative estimate of drug-likeness (QED) is 0.461. The van der Waals surface area contributed by atoms with Gasteiger partial charge in [0.2, 0.25) is 5.82 Å². The third-order valence-electron chi connectivity index (χ3n) is 3.78. The minimum Gasteiger partial charge on any atom is -0.392 e. The summed E-state index contributed by atoms with van der Waals surface area (Å²) in [5.41, 5.74) is 0.749. The van der Waals surface area contributed by atoms with E-state index >= 15 is 0 Å². The molecule has 0 fully saturated rings. The first-order valence-corrected chi connectivity index (χ1v) is 7.23. The molecular formula is C17H12F5NO. The second kappa shape index (κ2) is 6.59. The molecule has 2 aromatic rings. The molecule has 24 heavy (non-hydrogen) atoms. The molecule has 1 heterocycles. The van der Waals surface area contributed by atoms with Gasteiger partial charge in [-0.15, -0.1) is 0 Å². The SMILES string of the molecule is Fc1c(F)c(F)c(CC2CC(Cc3ccccc3)=NO2)c(F)c1F. The lowest BCUT2D eigenvalue weighted by molar-refractivity contribution is 0.0841. The van der Waals surface area contributed by atoms with Gasteiger partial charge in [-0.2, -0.15) is 0 Å². The summed E-state index contributed by atoms with van der Waals surface area (Å²) in [6, 6.07) is 9.36. The lowest BCUT2D eigenvalue weighted by Crippen LogP contribution is -2.17. The summed E-state index contributed by atoms with van der Waals surface area (Å²) < 4.78 is 66.8. The van der Waals surface area contributed by atoms with Crippen LogP contribution in [0.2, 0.25) is 0 Å². The van der Waals surface area contributed by atoms with Gasteiger partial charge in [0.15, 0.2) is 23.3 Å². The van der Waals surface area contributed by atoms with Gasteiger partial charge in [-0.25, -0.2) is 22.0 Å². The van der Waals surface area contributed by atoms with Crippen molar-refractivity contribution in [3.8, 4) is 0 Å². The highest BCUT2D eigenvalue weighted by Crippen LogP contribution is 2.26. The average molecular weight is 341 g/mol. The van der Waals surface area contributed by atoms with Crippen LogP contribution in [0.4, 0.5) is 22.0 Å². The molecule has 0 radical (unpaired) electrons. The van der Waals surface area contributed by atoms with E-state index in [0.717, 1.165) is 5.56 Å². The van der Waals surface area contributed by atoms with E-state index in [9.17, 15) is 22.0 Å². The van der Waals surface area contributed by atoms with Crippen LogP contribution in [0.25, 0.3) is 0 Å². The molecule has 2 aromatic carbocycles. The van der Waals surface area contributed by atoms with Crippen LogP contribution in [0.15, 0.2) is 35.5 Å². The van der Waals surface area contributed by atoms with Gasteiger partial charge in [0, 0.05) is 24.8 Å². The number of hydrogen-bond acceptors (Lipinski definition) is 2. The molecule has 1 aliphatic rings. The van der Waals surface area contributed by atoms with Crippen LogP contribution in [0, 0.1) is 29.1 Å². The Bertz CT molecular complexity index is 762. The standard InChI is InChI=1S/C17H12F5NO/c18-13-12(14(19)16(21)17(22)15(13)20)8-11-7-10(23-24-11)6-9-4-2-1-3-5-9/h1-5,11H,6-8H2. The first kappa shape index (κ1) is 16.4. The van der Waals surface area contributed by atoms with Crippen molar-refractivity contribution in [3.63, 3.8) is 0 Å². The van der Waals surface area contributed by atoms with Crippen molar-refractivity contribution in [2.24, 2.45) is 5.16 Å². The van der Waals surface area contributed by atoms with Crippen LogP contribution in [-0.2, 0) is 17.7 Å². The third-order valence-corrected chi connectivity index (χ3v) is 3.78. The molecule has 0 spiro atoms. The molecule has 0 saturated heterocycles. The van der Waals surface area contributed by atoms with Crippen molar-refractivity contribution in [3.05, 3.63) is 70.5 Å². The van der Waals surface area contributed by atoms with Crippen LogP contribution >= 0.6 is 0 Å². The first-order chi connectivity index (χ1) is 11.5. The summed E-state index contributed by atoms with van der Waals surface area (Å²) >= 11 is 0. The average Bonchev–Trinajstić information content (AvgIpc) is 3.03. The Kier molecular flexibility index (Phi) is 4.51. The highest BCUT2D eigenvalue weighted by atomic mass is 19.2. The van der Waals surface area contributed by atoms with Crippen LogP contribution in [-0.4, -0.2) is 11.8 Å². The third kappa shape index (κ3) is 3.11. The molecule has 0 bridgehead atoms. The first-order valence-electron chi connectivity index (χ1n) is 7.23. The molecule has 1 aliphatic heterocycles. The largest absolute Gasteiger partial charge is 0.392 e. The maximum absolute atomic E-state index is 13.7. The molecule has 0 aliphatic carbocycles. The van der Waals surface area contributed by atoms with Crippen molar-refractivity contribution in [1.82, 2.24) is 0 Å². The van der Waals surface area contributed by atoms with E-state index in [4.69, 9.17) is 4.84 Å². The van der Waals surface area contributed by atoms with Gasteiger partial charge < -0.3 is 4.84 Å². The summed E-state index contributed by atoms with van der Waals surface area (Å²) in [6.07, 6.45) is -0.465. The number of benzene rings is 2. The Hall–Kier alpha value is -2.44. The molecule has 126 valence electrons. The lowest BCUT2D eigenvalue weighted by Gasteiger charge is -2.11. The molecule has 1 atom stereocenters. The van der Waals surface area contributed by atoms with Crippen molar-refractivity contribution in [1.29, 1.82) is 0 Å². The zero-order chi connectivity index (χ0) is 17.3. The zero-order valence-corrected chi connectivity index (χ0v) is 12.3. The van der Waals surface area contributed by atoms with Gasteiger partial charge >= 0.3 is 0 Å². The Labute approximate surface area is 134 Å². The van der Waals surface area contributed by atoms with Crippen molar-refractivity contribution in [2.45, 2.75) is 25.4 Å². The monoisotopic (exact) mass is 341 g/mol. The van der Waals surface area contributed by atoms with E-state index in [2.05, 4.69) is 5.16 Å². The number of hydrogen-bond donors (Lipinski definition) is 0. The van der Waals surface area contributed by atoms with E-state index in [1.165, 1.54) is 0 Å². The molecule has 1 unspecified atom stereocenters. The summed E-state index contributed by atoms with van der Waals surface area (Å²) in [4.78, 5) is 5.08. The molecule has 0 aromatic heterocycles. The van der Waals surface area contributed by atoms with Gasteiger partial charge in [0.25, 0.3) is 0 Å². The maximum Gasteiger partial charge on any atom is 0.200 e. The highest BCUT2D eigenvalue weighted by molar-refractivity contribution is 5.87. The zero-order valence-electron chi connectivity index (χ0n) is 12.3.